The number of ether oxygens (including phenoxy) is 1. The Kier molecular flexibility index (Phi) is 8.65. The van der Waals surface area contributed by atoms with E-state index in [0.717, 1.165) is 52.0 Å². The van der Waals surface area contributed by atoms with Crippen molar-refractivity contribution in [2.75, 3.05) is 53.5 Å². The number of amides is 1. The first-order valence-corrected chi connectivity index (χ1v) is 15.9. The van der Waals surface area contributed by atoms with Gasteiger partial charge in [0.2, 0.25) is 5.91 Å². The third-order valence-electron chi connectivity index (χ3n) is 11.2. The number of carbonyl (C=O) groups is 1. The maximum absolute atomic E-state index is 14.5. The summed E-state index contributed by atoms with van der Waals surface area (Å²) >= 11 is 0. The fraction of sp³-hybridized carbons (Fsp3) is 0.966. The fourth-order valence-electron chi connectivity index (χ4n) is 9.60. The maximum Gasteiger partial charge on any atom is 0.392 e. The average Bonchev–Trinajstić information content (AvgIpc) is 3.59. The molecule has 11 atom stereocenters. The van der Waals surface area contributed by atoms with Gasteiger partial charge in [0.05, 0.1) is 31.0 Å². The third-order valence-corrected chi connectivity index (χ3v) is 11.2. The zero-order chi connectivity index (χ0) is 29.1. The van der Waals surface area contributed by atoms with E-state index in [1.807, 2.05) is 18.7 Å². The zero-order valence-corrected chi connectivity index (χ0v) is 25.1. The van der Waals surface area contributed by atoms with E-state index in [2.05, 4.69) is 45.2 Å². The van der Waals surface area contributed by atoms with Crippen molar-refractivity contribution in [1.82, 2.24) is 36.0 Å². The molecule has 4 heterocycles. The first kappa shape index (κ1) is 30.0. The molecule has 0 aromatic rings. The van der Waals surface area contributed by atoms with Crippen molar-refractivity contribution in [2.24, 2.45) is 35.5 Å². The lowest BCUT2D eigenvalue weighted by molar-refractivity contribution is -0.204. The second-order valence-electron chi connectivity index (χ2n) is 14.1. The second-order valence-corrected chi connectivity index (χ2v) is 14.1. The number of hydrogen-bond donors (Lipinski definition) is 3. The van der Waals surface area contributed by atoms with Gasteiger partial charge >= 0.3 is 6.18 Å². The number of halogens is 3. The van der Waals surface area contributed by atoms with Crippen LogP contribution in [0.5, 0.6) is 0 Å². The Bertz CT molecular complexity index is 933. The lowest BCUT2D eigenvalue weighted by Crippen LogP contribution is -2.52. The normalized spacial score (nSPS) is 45.5. The molecule has 0 radical (unpaired) electrons. The molecule has 0 bridgehead atoms. The van der Waals surface area contributed by atoms with E-state index in [1.54, 1.807) is 0 Å². The molecule has 6 aliphatic rings. The van der Waals surface area contributed by atoms with Gasteiger partial charge in [-0.05, 0) is 70.8 Å². The van der Waals surface area contributed by atoms with Gasteiger partial charge in [-0.2, -0.15) is 13.2 Å². The highest BCUT2D eigenvalue weighted by Gasteiger charge is 2.58. The summed E-state index contributed by atoms with van der Waals surface area (Å²) in [6.07, 6.45) is 0.659. The molecule has 6 rings (SSSR count). The number of nitrogens with zero attached hydrogens (tertiary/aromatic N) is 4. The molecular formula is C29H50F3N7O2. The number of rotatable bonds is 5. The summed E-state index contributed by atoms with van der Waals surface area (Å²) < 4.78 is 49.3. The van der Waals surface area contributed by atoms with Crippen molar-refractivity contribution in [1.29, 1.82) is 0 Å². The molecule has 41 heavy (non-hydrogen) atoms. The van der Waals surface area contributed by atoms with Gasteiger partial charge in [-0.1, -0.05) is 6.42 Å². The summed E-state index contributed by atoms with van der Waals surface area (Å²) in [5.74, 6) is -1.90. The highest BCUT2D eigenvalue weighted by Crippen LogP contribution is 2.51. The summed E-state index contributed by atoms with van der Waals surface area (Å²) in [6, 6.07) is 0.338. The summed E-state index contributed by atoms with van der Waals surface area (Å²) in [4.78, 5) is 20.4. The Morgan fingerprint density at radius 1 is 1.00 bits per heavy atom. The van der Waals surface area contributed by atoms with Crippen LogP contribution < -0.4 is 16.3 Å². The first-order valence-electron chi connectivity index (χ1n) is 15.9. The molecule has 6 fully saturated rings. The van der Waals surface area contributed by atoms with Gasteiger partial charge in [0, 0.05) is 63.7 Å². The van der Waals surface area contributed by atoms with E-state index >= 15 is 0 Å². The third kappa shape index (κ3) is 6.04. The van der Waals surface area contributed by atoms with Crippen molar-refractivity contribution < 1.29 is 22.7 Å². The van der Waals surface area contributed by atoms with Gasteiger partial charge in [0.15, 0.2) is 0 Å². The highest BCUT2D eigenvalue weighted by molar-refractivity contribution is 5.82. The van der Waals surface area contributed by atoms with Crippen LogP contribution in [0.2, 0.25) is 0 Å². The number of nitrogens with one attached hydrogen (secondary N) is 3. The summed E-state index contributed by atoms with van der Waals surface area (Å²) in [5, 5.41) is 2.24. The van der Waals surface area contributed by atoms with Crippen LogP contribution in [0.4, 0.5) is 13.2 Å². The minimum atomic E-state index is -4.28. The van der Waals surface area contributed by atoms with Crippen LogP contribution in [0, 0.1) is 35.5 Å². The van der Waals surface area contributed by atoms with Crippen molar-refractivity contribution >= 4 is 5.91 Å². The molecule has 0 spiro atoms. The largest absolute Gasteiger partial charge is 0.392 e. The molecule has 2 saturated carbocycles. The monoisotopic (exact) mass is 585 g/mol. The molecule has 0 aromatic carbocycles. The lowest BCUT2D eigenvalue weighted by Gasteiger charge is -2.42. The van der Waals surface area contributed by atoms with E-state index in [0.29, 0.717) is 30.8 Å². The minimum absolute atomic E-state index is 0.0147. The Balaban J connectivity index is 1.15. The second kappa shape index (κ2) is 11.8. The summed E-state index contributed by atoms with van der Waals surface area (Å²) in [6.45, 7) is 8.08. The Hall–Kier alpha value is -1.02. The summed E-state index contributed by atoms with van der Waals surface area (Å²) in [5.41, 5.74) is 10.2. The van der Waals surface area contributed by atoms with Gasteiger partial charge in [-0.3, -0.25) is 20.0 Å². The molecule has 0 aromatic heterocycles. The van der Waals surface area contributed by atoms with Gasteiger partial charge in [-0.25, -0.2) is 15.9 Å². The number of hydrazine groups is 2. The van der Waals surface area contributed by atoms with Crippen LogP contribution in [0.3, 0.4) is 0 Å². The van der Waals surface area contributed by atoms with Gasteiger partial charge < -0.3 is 9.64 Å². The van der Waals surface area contributed by atoms with Crippen LogP contribution in [-0.4, -0.2) is 116 Å². The SMILES string of the molecule is C[C@@H]1CN(CC2CC3C(=O)N(C4CCCC(C5C(C6NNCN6C)CNN5C)C4)CC3C(C(F)(F)F)C2)C[C@H](C)O1. The number of likely N-dealkylation sites (tertiary alicyclic amines) is 1. The molecule has 1 amide bonds. The quantitative estimate of drug-likeness (QED) is 0.453. The topological polar surface area (TPSA) is 75.4 Å². The molecule has 2 aliphatic carbocycles. The van der Waals surface area contributed by atoms with Gasteiger partial charge in [0.1, 0.15) is 0 Å². The Morgan fingerprint density at radius 3 is 2.44 bits per heavy atom. The molecular weight excluding hydrogens is 535 g/mol. The molecule has 12 heteroatoms. The van der Waals surface area contributed by atoms with Crippen LogP contribution in [0.25, 0.3) is 0 Å². The number of morpholine rings is 1. The number of fused-ring (bicyclic) bond motifs is 1. The van der Waals surface area contributed by atoms with Crippen molar-refractivity contribution in [3.05, 3.63) is 0 Å². The number of carbonyl (C=O) groups excluding carboxylic acids is 1. The van der Waals surface area contributed by atoms with Crippen molar-refractivity contribution in [2.45, 2.75) is 89.0 Å². The van der Waals surface area contributed by atoms with Gasteiger partial charge in [0.25, 0.3) is 0 Å². The molecule has 234 valence electrons. The first-order chi connectivity index (χ1) is 19.5. The van der Waals surface area contributed by atoms with E-state index in [4.69, 9.17) is 4.74 Å². The van der Waals surface area contributed by atoms with Crippen molar-refractivity contribution in [3.63, 3.8) is 0 Å². The smallest absolute Gasteiger partial charge is 0.373 e. The molecule has 3 N–H and O–H groups in total. The van der Waals surface area contributed by atoms with E-state index in [-0.39, 0.29) is 49.2 Å². The molecule has 9 unspecified atom stereocenters. The Labute approximate surface area is 242 Å². The highest BCUT2D eigenvalue weighted by atomic mass is 19.4. The predicted molar refractivity (Wildman–Crippen MR) is 149 cm³/mol. The lowest BCUT2D eigenvalue weighted by atomic mass is 9.68. The van der Waals surface area contributed by atoms with Crippen LogP contribution in [-0.2, 0) is 9.53 Å². The molecule has 9 nitrogen and oxygen atoms in total. The molecule has 4 aliphatic heterocycles. The summed E-state index contributed by atoms with van der Waals surface area (Å²) in [7, 11) is 4.22. The number of alkyl halides is 3. The van der Waals surface area contributed by atoms with Gasteiger partial charge in [-0.15, -0.1) is 0 Å². The fourth-order valence-corrected chi connectivity index (χ4v) is 9.60. The standard InChI is InChI=1S/C29H50F3N7O2/c1-17-12-38(13-18(2)41-17)14-19-8-22-24(25(9-19)29(30,31)32)15-39(28(22)40)21-7-5-6-20(10-21)26-23(11-34-37(26)4)27-35-33-16-36(27)3/h17-27,33-35H,5-16H2,1-4H3/t17-,18+,19?,20?,21?,22?,23?,24?,25?,26?,27?. The number of hydrogen-bond acceptors (Lipinski definition) is 8. The average molecular weight is 586 g/mol. The van der Waals surface area contributed by atoms with Crippen LogP contribution in [0.1, 0.15) is 52.4 Å². The molecule has 4 saturated heterocycles. The van der Waals surface area contributed by atoms with Crippen LogP contribution >= 0.6 is 0 Å². The zero-order valence-electron chi connectivity index (χ0n) is 25.1. The van der Waals surface area contributed by atoms with E-state index in [9.17, 15) is 18.0 Å². The van der Waals surface area contributed by atoms with Crippen molar-refractivity contribution in [3.8, 4) is 0 Å². The minimum Gasteiger partial charge on any atom is -0.373 e. The van der Waals surface area contributed by atoms with E-state index < -0.39 is 23.9 Å². The maximum atomic E-state index is 14.5. The van der Waals surface area contributed by atoms with E-state index in [1.165, 1.54) is 0 Å². The Morgan fingerprint density at radius 2 is 1.76 bits per heavy atom. The van der Waals surface area contributed by atoms with Crippen LogP contribution in [0.15, 0.2) is 0 Å². The predicted octanol–water partition coefficient (Wildman–Crippen LogP) is 2.08.